The first kappa shape index (κ1) is 11.2. The SMILES string of the molecule is N#C/C=C1/N=C(c2ccc(Cl)cc2)C(F)S1. The van der Waals surface area contributed by atoms with Gasteiger partial charge in [0.2, 0.25) is 0 Å². The molecule has 1 aromatic carbocycles. The van der Waals surface area contributed by atoms with Crippen LogP contribution in [0, 0.1) is 11.3 Å². The van der Waals surface area contributed by atoms with Gasteiger partial charge in [-0.15, -0.1) is 0 Å². The Bertz CT molecular complexity index is 502. The van der Waals surface area contributed by atoms with Crippen molar-refractivity contribution in [3.63, 3.8) is 0 Å². The zero-order valence-electron chi connectivity index (χ0n) is 8.02. The molecule has 1 heterocycles. The molecule has 5 heteroatoms. The fourth-order valence-electron chi connectivity index (χ4n) is 1.30. The summed E-state index contributed by atoms with van der Waals surface area (Å²) in [6.45, 7) is 0. The zero-order valence-corrected chi connectivity index (χ0v) is 9.60. The van der Waals surface area contributed by atoms with Gasteiger partial charge in [-0.3, -0.25) is 0 Å². The van der Waals surface area contributed by atoms with Crippen molar-refractivity contribution in [1.29, 1.82) is 5.26 Å². The van der Waals surface area contributed by atoms with Gasteiger partial charge in [0.05, 0.1) is 11.8 Å². The summed E-state index contributed by atoms with van der Waals surface area (Å²) in [5, 5.41) is 9.46. The Kier molecular flexibility index (Phi) is 3.28. The lowest BCUT2D eigenvalue weighted by atomic mass is 10.1. The van der Waals surface area contributed by atoms with Gasteiger partial charge in [-0.05, 0) is 12.1 Å². The third kappa shape index (κ3) is 2.26. The Morgan fingerprint density at radius 1 is 1.44 bits per heavy atom. The molecular weight excluding hydrogens is 247 g/mol. The maximum absolute atomic E-state index is 13.6. The van der Waals surface area contributed by atoms with Gasteiger partial charge >= 0.3 is 0 Å². The van der Waals surface area contributed by atoms with Crippen LogP contribution in [0.1, 0.15) is 5.56 Å². The van der Waals surface area contributed by atoms with Crippen molar-refractivity contribution in [2.24, 2.45) is 4.99 Å². The van der Waals surface area contributed by atoms with E-state index in [0.717, 1.165) is 11.8 Å². The van der Waals surface area contributed by atoms with E-state index in [2.05, 4.69) is 4.99 Å². The van der Waals surface area contributed by atoms with E-state index in [1.54, 1.807) is 24.3 Å². The second kappa shape index (κ2) is 4.69. The largest absolute Gasteiger partial charge is 0.241 e. The van der Waals surface area contributed by atoms with Crippen molar-refractivity contribution < 1.29 is 4.39 Å². The molecule has 0 saturated heterocycles. The van der Waals surface area contributed by atoms with E-state index in [0.29, 0.717) is 21.3 Å². The summed E-state index contributed by atoms with van der Waals surface area (Å²) in [6, 6.07) is 8.62. The topological polar surface area (TPSA) is 36.1 Å². The molecule has 0 amide bonds. The number of nitrogens with zero attached hydrogens (tertiary/aromatic N) is 2. The third-order valence-electron chi connectivity index (χ3n) is 2.00. The highest BCUT2D eigenvalue weighted by molar-refractivity contribution is 8.04. The number of hydrogen-bond acceptors (Lipinski definition) is 3. The number of halogens is 2. The van der Waals surface area contributed by atoms with Crippen molar-refractivity contribution in [3.05, 3.63) is 46.0 Å². The van der Waals surface area contributed by atoms with Crippen LogP contribution in [0.3, 0.4) is 0 Å². The lowest BCUT2D eigenvalue weighted by Gasteiger charge is -2.02. The molecule has 16 heavy (non-hydrogen) atoms. The maximum atomic E-state index is 13.6. The van der Waals surface area contributed by atoms with Crippen molar-refractivity contribution in [2.75, 3.05) is 0 Å². The number of alkyl halides is 1. The van der Waals surface area contributed by atoms with Gasteiger partial charge in [0.15, 0.2) is 5.50 Å². The minimum absolute atomic E-state index is 0.336. The Morgan fingerprint density at radius 2 is 2.12 bits per heavy atom. The van der Waals surface area contributed by atoms with E-state index >= 15 is 0 Å². The van der Waals surface area contributed by atoms with Crippen LogP contribution in [-0.4, -0.2) is 11.2 Å². The molecule has 1 aliphatic heterocycles. The number of allylic oxidation sites excluding steroid dienone is 1. The van der Waals surface area contributed by atoms with Gasteiger partial charge in [-0.2, -0.15) is 5.26 Å². The third-order valence-corrected chi connectivity index (χ3v) is 3.13. The van der Waals surface area contributed by atoms with Gasteiger partial charge in [0, 0.05) is 16.7 Å². The van der Waals surface area contributed by atoms with Crippen LogP contribution in [0.25, 0.3) is 0 Å². The van der Waals surface area contributed by atoms with Gasteiger partial charge < -0.3 is 0 Å². The van der Waals surface area contributed by atoms with Crippen molar-refractivity contribution in [2.45, 2.75) is 5.50 Å². The Balaban J connectivity index is 2.35. The molecule has 2 nitrogen and oxygen atoms in total. The monoisotopic (exact) mass is 252 g/mol. The number of benzene rings is 1. The van der Waals surface area contributed by atoms with E-state index in [1.807, 2.05) is 6.07 Å². The van der Waals surface area contributed by atoms with Gasteiger partial charge in [-0.25, -0.2) is 9.38 Å². The molecular formula is C11H6ClFN2S. The van der Waals surface area contributed by atoms with Crippen molar-refractivity contribution >= 4 is 29.1 Å². The molecule has 0 bridgehead atoms. The van der Waals surface area contributed by atoms with Crippen LogP contribution in [0.15, 0.2) is 40.4 Å². The Morgan fingerprint density at radius 3 is 2.75 bits per heavy atom. The average Bonchev–Trinajstić information content (AvgIpc) is 2.61. The summed E-state index contributed by atoms with van der Waals surface area (Å²) >= 11 is 6.67. The molecule has 0 radical (unpaired) electrons. The summed E-state index contributed by atoms with van der Waals surface area (Å²) in [5.41, 5.74) is -0.199. The molecule has 0 spiro atoms. The standard InChI is InChI=1S/C11H6ClFN2S/c12-8-3-1-7(2-4-8)10-11(13)16-9(15-10)5-6-14/h1-5,11H/b9-5-. The van der Waals surface area contributed by atoms with E-state index in [4.69, 9.17) is 16.9 Å². The van der Waals surface area contributed by atoms with Crippen LogP contribution in [-0.2, 0) is 0 Å². The summed E-state index contributed by atoms with van der Waals surface area (Å²) < 4.78 is 13.6. The first-order valence-electron chi connectivity index (χ1n) is 4.46. The van der Waals surface area contributed by atoms with Crippen molar-refractivity contribution in [3.8, 4) is 6.07 Å². The van der Waals surface area contributed by atoms with Crippen LogP contribution in [0.5, 0.6) is 0 Å². The van der Waals surface area contributed by atoms with Crippen LogP contribution in [0.4, 0.5) is 4.39 Å². The molecule has 0 aliphatic carbocycles. The molecule has 0 aromatic heterocycles. The molecule has 0 fully saturated rings. The highest BCUT2D eigenvalue weighted by Gasteiger charge is 2.25. The Hall–Kier alpha value is -1.31. The van der Waals surface area contributed by atoms with Crippen LogP contribution in [0.2, 0.25) is 5.02 Å². The summed E-state index contributed by atoms with van der Waals surface area (Å²) in [7, 11) is 0. The molecule has 0 saturated carbocycles. The molecule has 2 rings (SSSR count). The highest BCUT2D eigenvalue weighted by Crippen LogP contribution is 2.34. The zero-order chi connectivity index (χ0) is 11.5. The van der Waals surface area contributed by atoms with Crippen LogP contribution >= 0.6 is 23.4 Å². The first-order valence-corrected chi connectivity index (χ1v) is 5.71. The van der Waals surface area contributed by atoms with Gasteiger partial charge in [-0.1, -0.05) is 35.5 Å². The highest BCUT2D eigenvalue weighted by atomic mass is 35.5. The van der Waals surface area contributed by atoms with Gasteiger partial charge in [0.1, 0.15) is 5.03 Å². The predicted molar refractivity (Wildman–Crippen MR) is 64.2 cm³/mol. The number of hydrogen-bond donors (Lipinski definition) is 0. The molecule has 80 valence electrons. The second-order valence-corrected chi connectivity index (χ2v) is 4.55. The molecule has 1 atom stereocenters. The first-order chi connectivity index (χ1) is 7.70. The van der Waals surface area contributed by atoms with E-state index in [-0.39, 0.29) is 0 Å². The molecule has 1 unspecified atom stereocenters. The van der Waals surface area contributed by atoms with E-state index in [1.165, 1.54) is 6.08 Å². The lowest BCUT2D eigenvalue weighted by molar-refractivity contribution is 0.546. The summed E-state index contributed by atoms with van der Waals surface area (Å²) in [4.78, 5) is 4.06. The minimum atomic E-state index is -1.22. The number of nitriles is 1. The molecule has 0 N–H and O–H groups in total. The average molecular weight is 253 g/mol. The number of thioether (sulfide) groups is 1. The smallest absolute Gasteiger partial charge is 0.194 e. The van der Waals surface area contributed by atoms with Gasteiger partial charge in [0.25, 0.3) is 0 Å². The predicted octanol–water partition coefficient (Wildman–Crippen LogP) is 3.54. The lowest BCUT2D eigenvalue weighted by Crippen LogP contribution is -2.08. The van der Waals surface area contributed by atoms with Crippen molar-refractivity contribution in [1.82, 2.24) is 0 Å². The number of aliphatic imine (C=N–C) groups is 1. The minimum Gasteiger partial charge on any atom is -0.241 e. The summed E-state index contributed by atoms with van der Waals surface area (Å²) in [5.74, 6) is 0. The molecule has 1 aromatic rings. The Labute approximate surface area is 101 Å². The number of rotatable bonds is 1. The molecule has 1 aliphatic rings. The fourth-order valence-corrected chi connectivity index (χ4v) is 2.21. The van der Waals surface area contributed by atoms with E-state index in [9.17, 15) is 4.39 Å². The quantitative estimate of drug-likeness (QED) is 0.717. The summed E-state index contributed by atoms with van der Waals surface area (Å²) in [6.07, 6.45) is 1.24. The second-order valence-electron chi connectivity index (χ2n) is 3.05. The van der Waals surface area contributed by atoms with E-state index < -0.39 is 5.50 Å². The fraction of sp³-hybridized carbons (Fsp3) is 0.0909. The normalized spacial score (nSPS) is 21.9. The van der Waals surface area contributed by atoms with Crippen LogP contribution < -0.4 is 0 Å². The maximum Gasteiger partial charge on any atom is 0.194 e.